The Bertz CT molecular complexity index is 4260. The van der Waals surface area contributed by atoms with Gasteiger partial charge < -0.3 is 9.80 Å². The van der Waals surface area contributed by atoms with Gasteiger partial charge in [0.25, 0.3) is 0 Å². The van der Waals surface area contributed by atoms with Gasteiger partial charge in [0, 0.05) is 61.5 Å². The van der Waals surface area contributed by atoms with Crippen LogP contribution in [-0.2, 0) is 5.41 Å². The fraction of sp³-hybridized carbons (Fsp3) is 0.0946. The number of fused-ring (bicyclic) bond motifs is 18. The molecule has 0 fully saturated rings. The van der Waals surface area contributed by atoms with E-state index >= 15 is 0 Å². The number of thioether (sulfide) groups is 1. The minimum atomic E-state index is -0.749. The molecule has 2 heterocycles. The van der Waals surface area contributed by atoms with Gasteiger partial charge >= 0.3 is 0 Å². The van der Waals surface area contributed by atoms with Crippen LogP contribution in [0.3, 0.4) is 0 Å². The van der Waals surface area contributed by atoms with Crippen molar-refractivity contribution in [2.45, 2.75) is 34.3 Å². The maximum absolute atomic E-state index is 5.45. The summed E-state index contributed by atoms with van der Waals surface area (Å²) in [5, 5.41) is 5.16. The molecule has 10 aromatic rings. The van der Waals surface area contributed by atoms with Crippen LogP contribution in [0.4, 0.5) is 28.4 Å². The first kappa shape index (κ1) is 45.3. The summed E-state index contributed by atoms with van der Waals surface area (Å²) in [7, 11) is 0. The van der Waals surface area contributed by atoms with Crippen molar-refractivity contribution in [3.8, 4) is 33.5 Å². The topological polar surface area (TPSA) is 19.4 Å². The van der Waals surface area contributed by atoms with Crippen LogP contribution >= 0.6 is 11.8 Å². The minimum absolute atomic E-state index is 0.159. The maximum atomic E-state index is 5.45. The molecule has 4 heteroatoms. The van der Waals surface area contributed by atoms with Crippen LogP contribution in [-0.4, -0.2) is 10.2 Å². The lowest BCUT2D eigenvalue weighted by Crippen LogP contribution is -2.27. The van der Waals surface area contributed by atoms with Crippen molar-refractivity contribution in [1.29, 1.82) is 0 Å². The zero-order chi connectivity index (χ0) is 51.3. The predicted octanol–water partition coefficient (Wildman–Crippen LogP) is 19.3. The molecule has 16 rings (SSSR count). The van der Waals surface area contributed by atoms with Gasteiger partial charge in [0.05, 0.1) is 22.5 Å². The van der Waals surface area contributed by atoms with Gasteiger partial charge in [-0.05, 0) is 146 Å². The van der Waals surface area contributed by atoms with Crippen molar-refractivity contribution < 1.29 is 0 Å². The molecule has 3 nitrogen and oxygen atoms in total. The van der Waals surface area contributed by atoms with Crippen molar-refractivity contribution in [1.82, 2.24) is 4.98 Å². The summed E-state index contributed by atoms with van der Waals surface area (Å²) in [5.74, 6) is 1.09. The summed E-state index contributed by atoms with van der Waals surface area (Å²) in [6, 6.07) is 74.9. The maximum Gasteiger partial charge on any atom is 0.0759 e. The van der Waals surface area contributed by atoms with Crippen LogP contribution in [0.5, 0.6) is 0 Å². The molecule has 5 atom stereocenters. The predicted molar refractivity (Wildman–Crippen MR) is 327 cm³/mol. The molecule has 5 aliphatic carbocycles. The highest BCUT2D eigenvalue weighted by atomic mass is 32.2. The Morgan fingerprint density at radius 3 is 1.88 bits per heavy atom. The van der Waals surface area contributed by atoms with Gasteiger partial charge in [-0.2, -0.15) is 0 Å². The quantitative estimate of drug-likeness (QED) is 0.151. The molecule has 0 N–H and O–H groups in total. The normalized spacial score (nSPS) is 20.5. The van der Waals surface area contributed by atoms with Crippen molar-refractivity contribution in [2.24, 2.45) is 11.8 Å². The van der Waals surface area contributed by atoms with E-state index in [1.165, 1.54) is 99.1 Å². The number of hydrogen-bond donors (Lipinski definition) is 0. The molecular formula is C74H53N3S. The van der Waals surface area contributed by atoms with E-state index in [9.17, 15) is 0 Å². The van der Waals surface area contributed by atoms with Crippen LogP contribution < -0.4 is 9.80 Å². The molecule has 6 aliphatic rings. The summed E-state index contributed by atoms with van der Waals surface area (Å²) >= 11 is 2.05. The first-order valence-electron chi connectivity index (χ1n) is 27.6. The van der Waals surface area contributed by atoms with Crippen molar-refractivity contribution >= 4 is 61.7 Å². The van der Waals surface area contributed by atoms with Crippen molar-refractivity contribution in [2.75, 3.05) is 9.80 Å². The number of hydrogen-bond acceptors (Lipinski definition) is 4. The summed E-state index contributed by atoms with van der Waals surface area (Å²) in [6.07, 6.45) is 30.0. The number of nitrogens with zero attached hydrogens (tertiary/aromatic N) is 3. The third-order valence-corrected chi connectivity index (χ3v) is 18.9. The number of rotatable bonds is 8. The van der Waals surface area contributed by atoms with Gasteiger partial charge in [-0.25, -0.2) is 0 Å². The number of aromatic nitrogens is 1. The lowest BCUT2D eigenvalue weighted by atomic mass is 9.70. The zero-order valence-electron chi connectivity index (χ0n) is 43.0. The molecule has 9 aromatic carbocycles. The highest BCUT2D eigenvalue weighted by Gasteiger charge is 2.56. The third-order valence-electron chi connectivity index (χ3n) is 17.5. The van der Waals surface area contributed by atoms with Gasteiger partial charge in [-0.1, -0.05) is 206 Å². The average Bonchev–Trinajstić information content (AvgIpc) is 3.05. The van der Waals surface area contributed by atoms with E-state index < -0.39 is 5.41 Å². The molecule has 370 valence electrons. The lowest BCUT2D eigenvalue weighted by molar-refractivity contribution is 0.476. The fourth-order valence-corrected chi connectivity index (χ4v) is 15.6. The SMILES string of the molecule is C1=CCC(C2C=CC(N(c3ccccc3)c3cc4c(c5ccccc35)-c3c(cc(N(c5ccccc5)c5ccc(-c6ccccc6)cc5)c5c3SC3C=CC=CC53)C43c4cccnc4-c4c3ccc3ccccc43)=CC2)C=C1. The summed E-state index contributed by atoms with van der Waals surface area (Å²) < 4.78 is 0. The highest BCUT2D eigenvalue weighted by Crippen LogP contribution is 2.70. The van der Waals surface area contributed by atoms with Gasteiger partial charge in [0.15, 0.2) is 0 Å². The highest BCUT2D eigenvalue weighted by molar-refractivity contribution is 8.00. The summed E-state index contributed by atoms with van der Waals surface area (Å²) in [6.45, 7) is 0. The number of pyridine rings is 1. The molecule has 5 unspecified atom stereocenters. The minimum Gasteiger partial charge on any atom is -0.310 e. The van der Waals surface area contributed by atoms with E-state index in [1.54, 1.807) is 0 Å². The van der Waals surface area contributed by atoms with Crippen LogP contribution in [0, 0.1) is 11.8 Å². The summed E-state index contributed by atoms with van der Waals surface area (Å²) in [4.78, 5) is 11.9. The second kappa shape index (κ2) is 18.1. The number of para-hydroxylation sites is 2. The van der Waals surface area contributed by atoms with E-state index in [1.807, 2.05) is 6.20 Å². The van der Waals surface area contributed by atoms with E-state index in [0.717, 1.165) is 35.6 Å². The average molecular weight is 1020 g/mol. The molecule has 78 heavy (non-hydrogen) atoms. The fourth-order valence-electron chi connectivity index (χ4n) is 14.1. The van der Waals surface area contributed by atoms with Crippen molar-refractivity contribution in [3.63, 3.8) is 0 Å². The third kappa shape index (κ3) is 6.76. The Balaban J connectivity index is 1.02. The molecule has 1 aliphatic heterocycles. The summed E-state index contributed by atoms with van der Waals surface area (Å²) in [5.41, 5.74) is 20.0. The lowest BCUT2D eigenvalue weighted by Gasteiger charge is -2.35. The second-order valence-corrected chi connectivity index (χ2v) is 22.7. The number of anilines is 5. The van der Waals surface area contributed by atoms with E-state index in [4.69, 9.17) is 4.98 Å². The molecule has 0 saturated carbocycles. The monoisotopic (exact) mass is 1020 g/mol. The number of benzene rings is 9. The van der Waals surface area contributed by atoms with Gasteiger partial charge in [0.2, 0.25) is 0 Å². The molecule has 0 radical (unpaired) electrons. The molecule has 1 aromatic heterocycles. The second-order valence-electron chi connectivity index (χ2n) is 21.5. The van der Waals surface area contributed by atoms with E-state index in [-0.39, 0.29) is 11.2 Å². The molecule has 0 amide bonds. The largest absolute Gasteiger partial charge is 0.310 e. The Hall–Kier alpha value is -8.96. The molecular weight excluding hydrogens is 963 g/mol. The van der Waals surface area contributed by atoms with Crippen LogP contribution in [0.15, 0.2) is 284 Å². The van der Waals surface area contributed by atoms with Crippen molar-refractivity contribution in [3.05, 3.63) is 307 Å². The van der Waals surface area contributed by atoms with E-state index in [0.29, 0.717) is 11.8 Å². The Morgan fingerprint density at radius 1 is 0.462 bits per heavy atom. The standard InChI is InChI=1S/C74H53N3S/c1-5-20-48(21-6-1)50-35-40-55(41-36-50)76(53-25-9-3-10-26-53)65-46-63-68(59-31-16-15-30-58(59)65)71-64(74(63)61-44-39-52-24-13-14-29-57(52)69(61)72-62(74)33-19-45-75-72)47-66(70-60-32-17-18-34-67(60)78-73(70)71)77(54-27-11-4-12-28-54)56-42-37-51(38-43-56)49-22-7-2-8-23-49/h1-20,22-35,37-48,50,60,67H,21,36H2. The van der Waals surface area contributed by atoms with Gasteiger partial charge in [-0.3, -0.25) is 4.98 Å². The van der Waals surface area contributed by atoms with Crippen LogP contribution in [0.2, 0.25) is 0 Å². The first-order valence-corrected chi connectivity index (χ1v) is 28.5. The Morgan fingerprint density at radius 2 is 1.12 bits per heavy atom. The number of allylic oxidation sites excluding steroid dienone is 10. The zero-order valence-corrected chi connectivity index (χ0v) is 43.8. The molecule has 1 spiro atoms. The molecule has 0 saturated heterocycles. The van der Waals surface area contributed by atoms with Gasteiger partial charge in [-0.15, -0.1) is 11.8 Å². The van der Waals surface area contributed by atoms with Crippen LogP contribution in [0.1, 0.15) is 46.6 Å². The smallest absolute Gasteiger partial charge is 0.0759 e. The Labute approximate surface area is 460 Å². The molecule has 0 bridgehead atoms. The van der Waals surface area contributed by atoms with Gasteiger partial charge in [0.1, 0.15) is 0 Å². The first-order chi connectivity index (χ1) is 38.7. The van der Waals surface area contributed by atoms with E-state index in [2.05, 4.69) is 289 Å². The Kier molecular flexibility index (Phi) is 10.5. The van der Waals surface area contributed by atoms with Crippen LogP contribution in [0.25, 0.3) is 55.1 Å².